The van der Waals surface area contributed by atoms with Gasteiger partial charge in [-0.05, 0) is 25.2 Å². The Morgan fingerprint density at radius 1 is 1.19 bits per heavy atom. The van der Waals surface area contributed by atoms with Gasteiger partial charge in [0.2, 0.25) is 5.91 Å². The van der Waals surface area contributed by atoms with Crippen molar-refractivity contribution in [3.63, 3.8) is 0 Å². The number of carbonyl (C=O) groups excluding carboxylic acids is 1. The molecule has 0 aromatic heterocycles. The van der Waals surface area contributed by atoms with E-state index in [0.717, 1.165) is 45.4 Å². The molecule has 0 radical (unpaired) electrons. The SMILES string of the molecule is CCCC(C#N)N1CCN(C(=O)CC2CCCCC2)CC1. The Bertz CT molecular complexity index is 363. The van der Waals surface area contributed by atoms with Crippen molar-refractivity contribution in [1.82, 2.24) is 9.80 Å². The van der Waals surface area contributed by atoms with Gasteiger partial charge in [-0.15, -0.1) is 0 Å². The van der Waals surface area contributed by atoms with Gasteiger partial charge in [0, 0.05) is 32.6 Å². The average molecular weight is 291 g/mol. The zero-order valence-electron chi connectivity index (χ0n) is 13.4. The fraction of sp³-hybridized carbons (Fsp3) is 0.882. The van der Waals surface area contributed by atoms with E-state index in [4.69, 9.17) is 0 Å². The minimum Gasteiger partial charge on any atom is -0.340 e. The molecule has 1 atom stereocenters. The molecule has 21 heavy (non-hydrogen) atoms. The van der Waals surface area contributed by atoms with Gasteiger partial charge in [-0.25, -0.2) is 0 Å². The Labute approximate surface area is 129 Å². The number of amides is 1. The van der Waals surface area contributed by atoms with Crippen LogP contribution in [0.1, 0.15) is 58.3 Å². The molecule has 1 unspecified atom stereocenters. The number of nitriles is 1. The topological polar surface area (TPSA) is 47.3 Å². The predicted octanol–water partition coefficient (Wildman–Crippen LogP) is 2.79. The maximum Gasteiger partial charge on any atom is 0.222 e. The average Bonchev–Trinajstić information content (AvgIpc) is 2.54. The van der Waals surface area contributed by atoms with Crippen LogP contribution in [0.2, 0.25) is 0 Å². The van der Waals surface area contributed by atoms with Crippen LogP contribution in [0.25, 0.3) is 0 Å². The maximum atomic E-state index is 12.4. The quantitative estimate of drug-likeness (QED) is 0.782. The summed E-state index contributed by atoms with van der Waals surface area (Å²) in [5.74, 6) is 0.960. The monoisotopic (exact) mass is 291 g/mol. The zero-order chi connectivity index (χ0) is 15.1. The third-order valence-electron chi connectivity index (χ3n) is 5.01. The summed E-state index contributed by atoms with van der Waals surface area (Å²) in [6, 6.07) is 2.44. The predicted molar refractivity (Wildman–Crippen MR) is 83.7 cm³/mol. The highest BCUT2D eigenvalue weighted by molar-refractivity contribution is 5.76. The standard InChI is InChI=1S/C17H29N3O/c1-2-6-16(14-18)19-9-11-20(12-10-19)17(21)13-15-7-4-3-5-8-15/h15-16H,2-13H2,1H3. The first kappa shape index (κ1) is 16.3. The largest absolute Gasteiger partial charge is 0.340 e. The number of rotatable bonds is 5. The van der Waals surface area contributed by atoms with E-state index in [1.54, 1.807) is 0 Å². The van der Waals surface area contributed by atoms with Crippen LogP contribution in [0.3, 0.4) is 0 Å². The molecule has 4 heteroatoms. The van der Waals surface area contributed by atoms with Crippen LogP contribution in [-0.2, 0) is 4.79 Å². The van der Waals surface area contributed by atoms with Gasteiger partial charge < -0.3 is 4.90 Å². The van der Waals surface area contributed by atoms with Crippen molar-refractivity contribution in [2.75, 3.05) is 26.2 Å². The summed E-state index contributed by atoms with van der Waals surface area (Å²) in [4.78, 5) is 16.6. The Hall–Kier alpha value is -1.08. The van der Waals surface area contributed by atoms with E-state index < -0.39 is 0 Å². The van der Waals surface area contributed by atoms with E-state index >= 15 is 0 Å². The maximum absolute atomic E-state index is 12.4. The molecule has 2 aliphatic rings. The normalized spacial score (nSPS) is 22.8. The summed E-state index contributed by atoms with van der Waals surface area (Å²) in [6.45, 7) is 5.43. The molecule has 0 spiro atoms. The summed E-state index contributed by atoms with van der Waals surface area (Å²) < 4.78 is 0. The lowest BCUT2D eigenvalue weighted by molar-refractivity contribution is -0.134. The molecule has 4 nitrogen and oxygen atoms in total. The van der Waals surface area contributed by atoms with Gasteiger partial charge in [-0.3, -0.25) is 9.69 Å². The van der Waals surface area contributed by atoms with Crippen LogP contribution >= 0.6 is 0 Å². The molecule has 0 aromatic carbocycles. The minimum absolute atomic E-state index is 0.0330. The van der Waals surface area contributed by atoms with Crippen molar-refractivity contribution in [3.8, 4) is 6.07 Å². The van der Waals surface area contributed by atoms with Crippen LogP contribution in [0.4, 0.5) is 0 Å². The first-order valence-electron chi connectivity index (χ1n) is 8.66. The highest BCUT2D eigenvalue weighted by atomic mass is 16.2. The summed E-state index contributed by atoms with van der Waals surface area (Å²) in [7, 11) is 0. The fourth-order valence-corrected chi connectivity index (χ4v) is 3.65. The van der Waals surface area contributed by atoms with Gasteiger partial charge in [0.05, 0.1) is 12.1 Å². The Balaban J connectivity index is 1.75. The molecule has 0 aromatic rings. The molecular weight excluding hydrogens is 262 g/mol. The van der Waals surface area contributed by atoms with Crippen LogP contribution in [0.15, 0.2) is 0 Å². The summed E-state index contributed by atoms with van der Waals surface area (Å²) in [5.41, 5.74) is 0. The Morgan fingerprint density at radius 3 is 2.43 bits per heavy atom. The first-order valence-corrected chi connectivity index (χ1v) is 8.66. The van der Waals surface area contributed by atoms with E-state index in [2.05, 4.69) is 17.9 Å². The number of hydrogen-bond donors (Lipinski definition) is 0. The van der Waals surface area contributed by atoms with Gasteiger partial charge >= 0.3 is 0 Å². The second-order valence-corrected chi connectivity index (χ2v) is 6.56. The molecule has 1 aliphatic heterocycles. The first-order chi connectivity index (χ1) is 10.2. The van der Waals surface area contributed by atoms with Crippen molar-refractivity contribution >= 4 is 5.91 Å². The van der Waals surface area contributed by atoms with Gasteiger partial charge in [-0.2, -0.15) is 5.26 Å². The van der Waals surface area contributed by atoms with Gasteiger partial charge in [0.1, 0.15) is 0 Å². The summed E-state index contributed by atoms with van der Waals surface area (Å²) in [6.07, 6.45) is 9.13. The van der Waals surface area contributed by atoms with E-state index in [9.17, 15) is 10.1 Å². The zero-order valence-corrected chi connectivity index (χ0v) is 13.4. The van der Waals surface area contributed by atoms with Crippen molar-refractivity contribution in [2.45, 2.75) is 64.3 Å². The highest BCUT2D eigenvalue weighted by Crippen LogP contribution is 2.27. The van der Waals surface area contributed by atoms with Gasteiger partial charge in [0.15, 0.2) is 0 Å². The van der Waals surface area contributed by atoms with Crippen molar-refractivity contribution in [2.24, 2.45) is 5.92 Å². The van der Waals surface area contributed by atoms with Gasteiger partial charge in [0.25, 0.3) is 0 Å². The lowest BCUT2D eigenvalue weighted by Crippen LogP contribution is -2.51. The minimum atomic E-state index is 0.0330. The van der Waals surface area contributed by atoms with Crippen LogP contribution in [0, 0.1) is 17.2 Å². The second kappa shape index (κ2) is 8.38. The van der Waals surface area contributed by atoms with Crippen LogP contribution < -0.4 is 0 Å². The van der Waals surface area contributed by atoms with E-state index in [1.807, 2.05) is 4.90 Å². The van der Waals surface area contributed by atoms with E-state index in [0.29, 0.717) is 11.8 Å². The number of piperazine rings is 1. The fourth-order valence-electron chi connectivity index (χ4n) is 3.65. The Kier molecular flexibility index (Phi) is 6.50. The molecule has 1 amide bonds. The lowest BCUT2D eigenvalue weighted by atomic mass is 9.86. The van der Waals surface area contributed by atoms with Gasteiger partial charge in [-0.1, -0.05) is 32.6 Å². The molecule has 1 saturated heterocycles. The molecular formula is C17H29N3O. The van der Waals surface area contributed by atoms with Crippen molar-refractivity contribution < 1.29 is 4.79 Å². The van der Waals surface area contributed by atoms with E-state index in [1.165, 1.54) is 32.1 Å². The molecule has 1 aliphatic carbocycles. The molecule has 1 heterocycles. The highest BCUT2D eigenvalue weighted by Gasteiger charge is 2.27. The number of carbonyl (C=O) groups is 1. The second-order valence-electron chi connectivity index (χ2n) is 6.56. The van der Waals surface area contributed by atoms with E-state index in [-0.39, 0.29) is 6.04 Å². The summed E-state index contributed by atoms with van der Waals surface area (Å²) >= 11 is 0. The molecule has 0 N–H and O–H groups in total. The molecule has 2 fully saturated rings. The van der Waals surface area contributed by atoms with Crippen LogP contribution in [-0.4, -0.2) is 47.9 Å². The number of nitrogens with zero attached hydrogens (tertiary/aromatic N) is 3. The van der Waals surface area contributed by atoms with Crippen LogP contribution in [0.5, 0.6) is 0 Å². The molecule has 118 valence electrons. The Morgan fingerprint density at radius 2 is 1.86 bits per heavy atom. The summed E-state index contributed by atoms with van der Waals surface area (Å²) in [5, 5.41) is 9.23. The van der Waals surface area contributed by atoms with Crippen molar-refractivity contribution in [1.29, 1.82) is 5.26 Å². The third-order valence-corrected chi connectivity index (χ3v) is 5.01. The molecule has 2 rings (SSSR count). The van der Waals surface area contributed by atoms with Crippen molar-refractivity contribution in [3.05, 3.63) is 0 Å². The molecule has 1 saturated carbocycles. The third kappa shape index (κ3) is 4.71. The smallest absolute Gasteiger partial charge is 0.222 e. The lowest BCUT2D eigenvalue weighted by Gasteiger charge is -2.37. The number of hydrogen-bond acceptors (Lipinski definition) is 3. The molecule has 0 bridgehead atoms.